The number of amides is 1. The van der Waals surface area contributed by atoms with E-state index < -0.39 is 5.41 Å². The number of nitrogens with zero attached hydrogens (tertiary/aromatic N) is 1. The number of hydrogen-bond donors (Lipinski definition) is 2. The average molecular weight is 299 g/mol. The zero-order chi connectivity index (χ0) is 14.9. The van der Waals surface area contributed by atoms with Gasteiger partial charge in [0, 0.05) is 11.6 Å². The minimum absolute atomic E-state index is 0.106. The van der Waals surface area contributed by atoms with Crippen molar-refractivity contribution in [1.29, 1.82) is 0 Å². The van der Waals surface area contributed by atoms with Crippen LogP contribution in [-0.2, 0) is 4.79 Å². The number of para-hydroxylation sites is 1. The van der Waals surface area contributed by atoms with E-state index in [-0.39, 0.29) is 5.91 Å². The molecule has 108 valence electrons. The number of anilines is 1. The first-order valence-electron chi connectivity index (χ1n) is 7.09. The fraction of sp³-hybridized carbons (Fsp3) is 0.312. The molecule has 1 aliphatic rings. The van der Waals surface area contributed by atoms with Crippen LogP contribution < -0.4 is 11.1 Å². The molecule has 1 amide bonds. The maximum atomic E-state index is 12.7. The standard InChI is InChI=1S/C16H17N3OS/c17-14(21)16(8-1-2-9-16)15(20)19-12-7-3-5-11-6-4-10-18-13(11)12/h3-7,10H,1-2,8-9H2,(H2,17,21)(H,19,20). The van der Waals surface area contributed by atoms with Crippen LogP contribution in [0.25, 0.3) is 10.9 Å². The summed E-state index contributed by atoms with van der Waals surface area (Å²) in [5, 5.41) is 3.97. The molecular formula is C16H17N3OS. The van der Waals surface area contributed by atoms with Gasteiger partial charge in [-0.3, -0.25) is 9.78 Å². The van der Waals surface area contributed by atoms with Gasteiger partial charge in [0.05, 0.1) is 21.6 Å². The van der Waals surface area contributed by atoms with Gasteiger partial charge < -0.3 is 11.1 Å². The summed E-state index contributed by atoms with van der Waals surface area (Å²) in [5.41, 5.74) is 6.64. The van der Waals surface area contributed by atoms with E-state index in [0.29, 0.717) is 10.7 Å². The predicted molar refractivity (Wildman–Crippen MR) is 88.1 cm³/mol. The molecule has 1 fully saturated rings. The minimum atomic E-state index is -0.702. The van der Waals surface area contributed by atoms with Crippen LogP contribution in [-0.4, -0.2) is 15.9 Å². The molecule has 4 nitrogen and oxygen atoms in total. The quantitative estimate of drug-likeness (QED) is 0.855. The maximum absolute atomic E-state index is 12.7. The summed E-state index contributed by atoms with van der Waals surface area (Å²) in [5.74, 6) is -0.106. The lowest BCUT2D eigenvalue weighted by atomic mass is 9.85. The lowest BCUT2D eigenvalue weighted by Gasteiger charge is -2.26. The van der Waals surface area contributed by atoms with Crippen molar-refractivity contribution >= 4 is 39.7 Å². The molecule has 21 heavy (non-hydrogen) atoms. The van der Waals surface area contributed by atoms with Crippen molar-refractivity contribution in [3.63, 3.8) is 0 Å². The molecule has 2 aromatic rings. The van der Waals surface area contributed by atoms with Gasteiger partial charge in [-0.1, -0.05) is 43.3 Å². The maximum Gasteiger partial charge on any atom is 0.237 e. The Morgan fingerprint density at radius 1 is 1.24 bits per heavy atom. The summed E-state index contributed by atoms with van der Waals surface area (Å²) in [6.45, 7) is 0. The van der Waals surface area contributed by atoms with Gasteiger partial charge in [-0.25, -0.2) is 0 Å². The first-order chi connectivity index (χ1) is 10.1. The van der Waals surface area contributed by atoms with E-state index in [1.807, 2.05) is 30.3 Å². The third kappa shape index (κ3) is 2.38. The molecule has 0 unspecified atom stereocenters. The van der Waals surface area contributed by atoms with Gasteiger partial charge in [0.25, 0.3) is 0 Å². The number of carbonyl (C=O) groups excluding carboxylic acids is 1. The Kier molecular flexibility index (Phi) is 3.59. The van der Waals surface area contributed by atoms with Crippen molar-refractivity contribution < 1.29 is 4.79 Å². The summed E-state index contributed by atoms with van der Waals surface area (Å²) in [7, 11) is 0. The zero-order valence-corrected chi connectivity index (χ0v) is 12.5. The SMILES string of the molecule is NC(=S)C1(C(=O)Nc2cccc3cccnc23)CCCC1. The largest absolute Gasteiger partial charge is 0.392 e. The number of rotatable bonds is 3. The van der Waals surface area contributed by atoms with Crippen LogP contribution in [0, 0.1) is 5.41 Å². The Morgan fingerprint density at radius 2 is 1.95 bits per heavy atom. The number of pyridine rings is 1. The summed E-state index contributed by atoms with van der Waals surface area (Å²) >= 11 is 5.16. The van der Waals surface area contributed by atoms with E-state index in [1.54, 1.807) is 6.20 Å². The van der Waals surface area contributed by atoms with E-state index in [9.17, 15) is 4.79 Å². The Morgan fingerprint density at radius 3 is 2.67 bits per heavy atom. The highest BCUT2D eigenvalue weighted by Crippen LogP contribution is 2.39. The predicted octanol–water partition coefficient (Wildman–Crippen LogP) is 3.02. The normalized spacial score (nSPS) is 16.8. The van der Waals surface area contributed by atoms with Gasteiger partial charge >= 0.3 is 0 Å². The van der Waals surface area contributed by atoms with Crippen molar-refractivity contribution in [1.82, 2.24) is 4.98 Å². The molecule has 3 rings (SSSR count). The van der Waals surface area contributed by atoms with E-state index in [2.05, 4.69) is 10.3 Å². The molecule has 1 aromatic carbocycles. The molecule has 1 saturated carbocycles. The summed E-state index contributed by atoms with van der Waals surface area (Å²) < 4.78 is 0. The molecule has 1 heterocycles. The molecule has 0 atom stereocenters. The summed E-state index contributed by atoms with van der Waals surface area (Å²) in [4.78, 5) is 17.4. The molecule has 1 aromatic heterocycles. The summed E-state index contributed by atoms with van der Waals surface area (Å²) in [6, 6.07) is 9.58. The van der Waals surface area contributed by atoms with Crippen LogP contribution in [0.2, 0.25) is 0 Å². The van der Waals surface area contributed by atoms with Crippen LogP contribution in [0.4, 0.5) is 5.69 Å². The smallest absolute Gasteiger partial charge is 0.237 e. The Bertz CT molecular complexity index is 702. The number of nitrogens with two attached hydrogens (primary N) is 1. The number of hydrogen-bond acceptors (Lipinski definition) is 3. The average Bonchev–Trinajstić information content (AvgIpc) is 2.98. The lowest BCUT2D eigenvalue weighted by Crippen LogP contribution is -2.44. The van der Waals surface area contributed by atoms with Crippen LogP contribution in [0.3, 0.4) is 0 Å². The van der Waals surface area contributed by atoms with Crippen LogP contribution in [0.1, 0.15) is 25.7 Å². The molecule has 0 spiro atoms. The third-order valence-corrected chi connectivity index (χ3v) is 4.64. The highest BCUT2D eigenvalue weighted by Gasteiger charge is 2.44. The number of fused-ring (bicyclic) bond motifs is 1. The van der Waals surface area contributed by atoms with Crippen molar-refractivity contribution in [2.45, 2.75) is 25.7 Å². The Labute approximate surface area is 128 Å². The fourth-order valence-corrected chi connectivity index (χ4v) is 3.31. The first-order valence-corrected chi connectivity index (χ1v) is 7.49. The highest BCUT2D eigenvalue weighted by atomic mass is 32.1. The topological polar surface area (TPSA) is 68.0 Å². The monoisotopic (exact) mass is 299 g/mol. The first kappa shape index (κ1) is 13.9. The number of carbonyl (C=O) groups is 1. The van der Waals surface area contributed by atoms with Crippen molar-refractivity contribution in [2.24, 2.45) is 11.1 Å². The number of thiocarbonyl (C=S) groups is 1. The summed E-state index contributed by atoms with van der Waals surface area (Å²) in [6.07, 6.45) is 5.15. The van der Waals surface area contributed by atoms with Crippen LogP contribution in [0.5, 0.6) is 0 Å². The zero-order valence-electron chi connectivity index (χ0n) is 11.6. The van der Waals surface area contributed by atoms with Crippen molar-refractivity contribution in [3.8, 4) is 0 Å². The molecule has 0 saturated heterocycles. The van der Waals surface area contributed by atoms with Gasteiger partial charge in [0.1, 0.15) is 0 Å². The molecular weight excluding hydrogens is 282 g/mol. The third-order valence-electron chi connectivity index (χ3n) is 4.24. The van der Waals surface area contributed by atoms with E-state index in [0.717, 1.165) is 36.6 Å². The van der Waals surface area contributed by atoms with Gasteiger partial charge in [-0.15, -0.1) is 0 Å². The van der Waals surface area contributed by atoms with Gasteiger partial charge in [0.2, 0.25) is 5.91 Å². The second kappa shape index (κ2) is 5.41. The molecule has 5 heteroatoms. The number of nitrogens with one attached hydrogen (secondary N) is 1. The lowest BCUT2D eigenvalue weighted by molar-refractivity contribution is -0.122. The van der Waals surface area contributed by atoms with Gasteiger partial charge in [-0.05, 0) is 25.0 Å². The van der Waals surface area contributed by atoms with Crippen molar-refractivity contribution in [2.75, 3.05) is 5.32 Å². The molecule has 0 bridgehead atoms. The molecule has 0 radical (unpaired) electrons. The van der Waals surface area contributed by atoms with E-state index in [1.165, 1.54) is 0 Å². The minimum Gasteiger partial charge on any atom is -0.392 e. The second-order valence-corrected chi connectivity index (χ2v) is 5.93. The molecule has 0 aliphatic heterocycles. The van der Waals surface area contributed by atoms with Gasteiger partial charge in [0.15, 0.2) is 0 Å². The van der Waals surface area contributed by atoms with E-state index in [4.69, 9.17) is 18.0 Å². The van der Waals surface area contributed by atoms with Crippen LogP contribution >= 0.6 is 12.2 Å². The molecule has 3 N–H and O–H groups in total. The van der Waals surface area contributed by atoms with Gasteiger partial charge in [-0.2, -0.15) is 0 Å². The second-order valence-electron chi connectivity index (χ2n) is 5.49. The highest BCUT2D eigenvalue weighted by molar-refractivity contribution is 7.80. The number of benzene rings is 1. The Hall–Kier alpha value is -2.01. The number of aromatic nitrogens is 1. The van der Waals surface area contributed by atoms with E-state index >= 15 is 0 Å². The molecule has 1 aliphatic carbocycles. The van der Waals surface area contributed by atoms with Crippen molar-refractivity contribution in [3.05, 3.63) is 36.5 Å². The fourth-order valence-electron chi connectivity index (χ4n) is 3.01. The van der Waals surface area contributed by atoms with Crippen LogP contribution in [0.15, 0.2) is 36.5 Å². The Balaban J connectivity index is 1.95.